The fourth-order valence-corrected chi connectivity index (χ4v) is 3.83. The van der Waals surface area contributed by atoms with Crippen molar-refractivity contribution in [1.29, 1.82) is 0 Å². The van der Waals surface area contributed by atoms with E-state index in [1.54, 1.807) is 14.2 Å². The van der Waals surface area contributed by atoms with Gasteiger partial charge in [0.2, 0.25) is 0 Å². The lowest BCUT2D eigenvalue weighted by molar-refractivity contribution is -0.137. The molecule has 0 spiro atoms. The number of aromatic amines is 1. The van der Waals surface area contributed by atoms with Crippen LogP contribution < -0.4 is 15.0 Å². The summed E-state index contributed by atoms with van der Waals surface area (Å²) in [5.41, 5.74) is 1.59. The Balaban J connectivity index is 1.60. The van der Waals surface area contributed by atoms with Crippen molar-refractivity contribution in [2.24, 2.45) is 0 Å². The number of nitrogens with zero attached hydrogens (tertiary/aromatic N) is 2. The number of nitrogens with one attached hydrogen (secondary N) is 1. The Labute approximate surface area is 182 Å². The van der Waals surface area contributed by atoms with Crippen LogP contribution in [0.2, 0.25) is 0 Å². The Bertz CT molecular complexity index is 1170. The fraction of sp³-hybridized carbons (Fsp3) is 0.304. The van der Waals surface area contributed by atoms with Gasteiger partial charge in [0.1, 0.15) is 17.3 Å². The second-order valence-electron chi connectivity index (χ2n) is 7.55. The summed E-state index contributed by atoms with van der Waals surface area (Å²) >= 11 is 0. The Hall–Kier alpha value is -3.33. The maximum atomic E-state index is 12.8. The Morgan fingerprint density at radius 3 is 2.50 bits per heavy atom. The number of H-pyrrole nitrogens is 1. The molecule has 0 fully saturated rings. The van der Waals surface area contributed by atoms with Crippen molar-refractivity contribution >= 4 is 0 Å². The number of rotatable bonds is 5. The predicted octanol–water partition coefficient (Wildman–Crippen LogP) is 4.03. The van der Waals surface area contributed by atoms with Crippen molar-refractivity contribution in [3.05, 3.63) is 75.2 Å². The zero-order valence-electron chi connectivity index (χ0n) is 17.6. The van der Waals surface area contributed by atoms with Crippen LogP contribution in [-0.4, -0.2) is 35.6 Å². The molecule has 1 aliphatic rings. The number of hydrogen-bond donors (Lipinski definition) is 1. The topological polar surface area (TPSA) is 67.5 Å². The second-order valence-corrected chi connectivity index (χ2v) is 7.55. The molecule has 0 bridgehead atoms. The number of hydrogen-bond acceptors (Lipinski definition) is 5. The molecule has 2 heterocycles. The van der Waals surface area contributed by atoms with Crippen LogP contribution in [0.5, 0.6) is 11.5 Å². The van der Waals surface area contributed by atoms with Crippen molar-refractivity contribution in [3.63, 3.8) is 0 Å². The Morgan fingerprint density at radius 1 is 1.09 bits per heavy atom. The van der Waals surface area contributed by atoms with Crippen LogP contribution in [-0.2, 0) is 25.7 Å². The molecule has 1 aromatic heterocycles. The van der Waals surface area contributed by atoms with Crippen LogP contribution in [0.25, 0.3) is 11.4 Å². The zero-order valence-corrected chi connectivity index (χ0v) is 17.6. The van der Waals surface area contributed by atoms with Gasteiger partial charge in [-0.25, -0.2) is 4.98 Å². The van der Waals surface area contributed by atoms with Crippen LogP contribution in [0.1, 0.15) is 22.4 Å². The summed E-state index contributed by atoms with van der Waals surface area (Å²) in [5.74, 6) is 1.71. The number of alkyl halides is 3. The third-order valence-corrected chi connectivity index (χ3v) is 5.52. The number of halogens is 3. The minimum Gasteiger partial charge on any atom is -0.497 e. The van der Waals surface area contributed by atoms with Gasteiger partial charge in [-0.3, -0.25) is 9.69 Å². The first-order valence-corrected chi connectivity index (χ1v) is 10.0. The molecular weight excluding hydrogens is 423 g/mol. The highest BCUT2D eigenvalue weighted by molar-refractivity contribution is 5.56. The van der Waals surface area contributed by atoms with Gasteiger partial charge in [-0.15, -0.1) is 0 Å². The summed E-state index contributed by atoms with van der Waals surface area (Å²) in [4.78, 5) is 22.0. The number of methoxy groups -OCH3 is 2. The van der Waals surface area contributed by atoms with E-state index in [1.807, 2.05) is 18.2 Å². The summed E-state index contributed by atoms with van der Waals surface area (Å²) in [6, 6.07) is 10.2. The van der Waals surface area contributed by atoms with Gasteiger partial charge in [-0.1, -0.05) is 12.1 Å². The largest absolute Gasteiger partial charge is 0.497 e. The van der Waals surface area contributed by atoms with Gasteiger partial charge in [0, 0.05) is 36.3 Å². The first kappa shape index (κ1) is 21.9. The van der Waals surface area contributed by atoms with Gasteiger partial charge in [0.15, 0.2) is 0 Å². The number of benzene rings is 2. The smallest absolute Gasteiger partial charge is 0.416 e. The van der Waals surface area contributed by atoms with Gasteiger partial charge >= 0.3 is 6.18 Å². The highest BCUT2D eigenvalue weighted by Crippen LogP contribution is 2.31. The lowest BCUT2D eigenvalue weighted by Gasteiger charge is -2.28. The molecule has 0 saturated carbocycles. The molecule has 0 amide bonds. The monoisotopic (exact) mass is 445 g/mol. The quantitative estimate of drug-likeness (QED) is 0.642. The van der Waals surface area contributed by atoms with Crippen LogP contribution in [0.3, 0.4) is 0 Å². The average molecular weight is 445 g/mol. The van der Waals surface area contributed by atoms with E-state index in [0.717, 1.165) is 29.2 Å². The molecule has 1 N–H and O–H groups in total. The van der Waals surface area contributed by atoms with Gasteiger partial charge in [-0.05, 0) is 36.8 Å². The van der Waals surface area contributed by atoms with E-state index in [1.165, 1.54) is 12.1 Å². The maximum absolute atomic E-state index is 12.8. The lowest BCUT2D eigenvalue weighted by atomic mass is 10.0. The first-order valence-electron chi connectivity index (χ1n) is 10.0. The van der Waals surface area contributed by atoms with Gasteiger partial charge in [0.05, 0.1) is 25.5 Å². The normalized spacial score (nSPS) is 14.2. The van der Waals surface area contributed by atoms with Crippen molar-refractivity contribution in [1.82, 2.24) is 14.9 Å². The molecule has 0 saturated heterocycles. The van der Waals surface area contributed by atoms with E-state index in [0.29, 0.717) is 42.9 Å². The molecule has 3 aromatic rings. The SMILES string of the molecule is COc1ccc(OC)c(CN2CCc3c(nc(-c4ccc(C(F)(F)F)cc4)[nH]c3=O)C2)c1. The number of ether oxygens (including phenoxy) is 2. The summed E-state index contributed by atoms with van der Waals surface area (Å²) in [7, 11) is 3.20. The lowest BCUT2D eigenvalue weighted by Crippen LogP contribution is -2.35. The average Bonchev–Trinajstić information content (AvgIpc) is 2.78. The first-order chi connectivity index (χ1) is 15.3. The van der Waals surface area contributed by atoms with Crippen molar-refractivity contribution < 1.29 is 22.6 Å². The molecule has 6 nitrogen and oxygen atoms in total. The van der Waals surface area contributed by atoms with E-state index in [9.17, 15) is 18.0 Å². The molecule has 32 heavy (non-hydrogen) atoms. The van der Waals surface area contributed by atoms with E-state index < -0.39 is 11.7 Å². The summed E-state index contributed by atoms with van der Waals surface area (Å²) in [6.07, 6.45) is -3.89. The molecule has 168 valence electrons. The fourth-order valence-electron chi connectivity index (χ4n) is 3.83. The molecule has 0 radical (unpaired) electrons. The van der Waals surface area contributed by atoms with Crippen LogP contribution >= 0.6 is 0 Å². The standard InChI is InChI=1S/C23H22F3N3O3/c1-31-17-7-8-20(32-2)15(11-17)12-29-10-9-18-19(13-29)27-21(28-22(18)30)14-3-5-16(6-4-14)23(24,25)26/h3-8,11H,9-10,12-13H2,1-2H3,(H,27,28,30). The molecule has 9 heteroatoms. The van der Waals surface area contributed by atoms with Crippen molar-refractivity contribution in [2.45, 2.75) is 25.7 Å². The maximum Gasteiger partial charge on any atom is 0.416 e. The van der Waals surface area contributed by atoms with E-state index >= 15 is 0 Å². The van der Waals surface area contributed by atoms with Crippen molar-refractivity contribution in [3.8, 4) is 22.9 Å². The van der Waals surface area contributed by atoms with Crippen molar-refractivity contribution in [2.75, 3.05) is 20.8 Å². The number of fused-ring (bicyclic) bond motifs is 1. The summed E-state index contributed by atoms with van der Waals surface area (Å²) in [5, 5.41) is 0. The molecule has 1 aliphatic heterocycles. The minimum atomic E-state index is -4.42. The highest BCUT2D eigenvalue weighted by Gasteiger charge is 2.30. The predicted molar refractivity (Wildman–Crippen MR) is 113 cm³/mol. The van der Waals surface area contributed by atoms with Crippen LogP contribution in [0.4, 0.5) is 13.2 Å². The second kappa shape index (κ2) is 8.66. The Kier molecular flexibility index (Phi) is 5.92. The van der Waals surface area contributed by atoms with Crippen LogP contribution in [0, 0.1) is 0 Å². The summed E-state index contributed by atoms with van der Waals surface area (Å²) in [6.45, 7) is 1.68. The zero-order chi connectivity index (χ0) is 22.9. The Morgan fingerprint density at radius 2 is 1.84 bits per heavy atom. The van der Waals surface area contributed by atoms with E-state index in [4.69, 9.17) is 9.47 Å². The molecular formula is C23H22F3N3O3. The van der Waals surface area contributed by atoms with Gasteiger partial charge < -0.3 is 14.5 Å². The van der Waals surface area contributed by atoms with E-state index in [2.05, 4.69) is 14.9 Å². The highest BCUT2D eigenvalue weighted by atomic mass is 19.4. The third-order valence-electron chi connectivity index (χ3n) is 5.52. The van der Waals surface area contributed by atoms with Crippen LogP contribution in [0.15, 0.2) is 47.3 Å². The third kappa shape index (κ3) is 4.47. The number of aromatic nitrogens is 2. The molecule has 0 aliphatic carbocycles. The van der Waals surface area contributed by atoms with Gasteiger partial charge in [0.25, 0.3) is 5.56 Å². The minimum absolute atomic E-state index is 0.253. The van der Waals surface area contributed by atoms with E-state index in [-0.39, 0.29) is 11.4 Å². The molecule has 4 rings (SSSR count). The molecule has 2 aromatic carbocycles. The summed E-state index contributed by atoms with van der Waals surface area (Å²) < 4.78 is 49.3. The molecule has 0 unspecified atom stereocenters. The van der Waals surface area contributed by atoms with Gasteiger partial charge in [-0.2, -0.15) is 13.2 Å². The molecule has 0 atom stereocenters.